The van der Waals surface area contributed by atoms with Gasteiger partial charge in [-0.3, -0.25) is 4.79 Å². The zero-order valence-electron chi connectivity index (χ0n) is 13.6. The van der Waals surface area contributed by atoms with Gasteiger partial charge in [0.15, 0.2) is 5.72 Å². The summed E-state index contributed by atoms with van der Waals surface area (Å²) in [7, 11) is 0. The number of anilines is 1. The van der Waals surface area contributed by atoms with Crippen LogP contribution in [0.3, 0.4) is 0 Å². The Morgan fingerprint density at radius 3 is 2.50 bits per heavy atom. The molecule has 2 N–H and O–H groups in total. The first kappa shape index (κ1) is 17.1. The molecule has 1 aromatic carbocycles. The highest BCUT2D eigenvalue weighted by atomic mass is 19.4. The number of halogens is 3. The third-order valence-corrected chi connectivity index (χ3v) is 4.92. The molecule has 3 rings (SSSR count). The molecule has 1 aliphatic heterocycles. The van der Waals surface area contributed by atoms with E-state index in [1.165, 1.54) is 6.07 Å². The average Bonchev–Trinajstić information content (AvgIpc) is 3.29. The van der Waals surface area contributed by atoms with Gasteiger partial charge in [-0.2, -0.15) is 13.2 Å². The van der Waals surface area contributed by atoms with Crippen molar-refractivity contribution in [3.05, 3.63) is 29.3 Å². The highest BCUT2D eigenvalue weighted by Gasteiger charge is 2.47. The predicted molar refractivity (Wildman–Crippen MR) is 83.2 cm³/mol. The summed E-state index contributed by atoms with van der Waals surface area (Å²) in [5, 5.41) is 0. The molecule has 0 radical (unpaired) electrons. The molecule has 1 heterocycles. The Morgan fingerprint density at radius 1 is 1.29 bits per heavy atom. The Labute approximate surface area is 138 Å². The van der Waals surface area contributed by atoms with Gasteiger partial charge in [0.1, 0.15) is 0 Å². The van der Waals surface area contributed by atoms with Gasteiger partial charge in [0, 0.05) is 17.8 Å². The first-order valence-corrected chi connectivity index (χ1v) is 8.02. The van der Waals surface area contributed by atoms with Crippen LogP contribution in [0.5, 0.6) is 0 Å². The van der Waals surface area contributed by atoms with Crippen LogP contribution in [-0.4, -0.2) is 18.2 Å². The number of fused-ring (bicyclic) bond motifs is 1. The molecule has 0 saturated heterocycles. The first-order valence-electron chi connectivity index (χ1n) is 8.02. The van der Waals surface area contributed by atoms with Gasteiger partial charge < -0.3 is 15.4 Å². The Morgan fingerprint density at radius 2 is 1.96 bits per heavy atom. The van der Waals surface area contributed by atoms with Crippen molar-refractivity contribution in [2.45, 2.75) is 57.1 Å². The van der Waals surface area contributed by atoms with E-state index in [2.05, 4.69) is 0 Å². The van der Waals surface area contributed by atoms with E-state index in [0.29, 0.717) is 30.1 Å². The van der Waals surface area contributed by atoms with Gasteiger partial charge >= 0.3 is 6.18 Å². The zero-order chi connectivity index (χ0) is 17.7. The molecular formula is C17H21F3N2O2. The Bertz CT molecular complexity index is 641. The number of benzene rings is 1. The lowest BCUT2D eigenvalue weighted by molar-refractivity contribution is -0.141. The van der Waals surface area contributed by atoms with Gasteiger partial charge in [-0.05, 0) is 62.8 Å². The van der Waals surface area contributed by atoms with Crippen LogP contribution in [0.15, 0.2) is 18.2 Å². The van der Waals surface area contributed by atoms with Crippen molar-refractivity contribution in [2.24, 2.45) is 11.7 Å². The lowest BCUT2D eigenvalue weighted by Crippen LogP contribution is -2.56. The fourth-order valence-electron chi connectivity index (χ4n) is 3.67. The highest BCUT2D eigenvalue weighted by molar-refractivity contribution is 5.61. The van der Waals surface area contributed by atoms with E-state index >= 15 is 0 Å². The number of hydrogen-bond acceptors (Lipinski definition) is 4. The van der Waals surface area contributed by atoms with Crippen LogP contribution in [0.4, 0.5) is 18.9 Å². The molecule has 132 valence electrons. The van der Waals surface area contributed by atoms with Crippen LogP contribution in [0.1, 0.15) is 50.3 Å². The molecule has 0 spiro atoms. The highest BCUT2D eigenvalue weighted by Crippen LogP contribution is 2.49. The minimum Gasteiger partial charge on any atom is -0.442 e. The topological polar surface area (TPSA) is 55.6 Å². The molecule has 2 unspecified atom stereocenters. The van der Waals surface area contributed by atoms with Crippen LogP contribution in [0, 0.1) is 5.92 Å². The standard InChI is InChI=1S/C17H21F3N2O2/c1-16(2,24-9-23)22-14-6-5-11(17(18,19)20)7-12(14)13(21)8-15(22)10-3-4-10/h5-7,9-10,13,15H,3-4,8,21H2,1-2H3. The number of carbonyl (C=O) groups is 1. The molecule has 0 aromatic heterocycles. The summed E-state index contributed by atoms with van der Waals surface area (Å²) in [6.07, 6.45) is -1.76. The third-order valence-electron chi connectivity index (χ3n) is 4.92. The molecule has 4 nitrogen and oxygen atoms in total. The van der Waals surface area contributed by atoms with Crippen molar-refractivity contribution in [1.29, 1.82) is 0 Å². The second-order valence-electron chi connectivity index (χ2n) is 7.05. The number of carbonyl (C=O) groups excluding carboxylic acids is 1. The van der Waals surface area contributed by atoms with E-state index in [4.69, 9.17) is 10.5 Å². The summed E-state index contributed by atoms with van der Waals surface area (Å²) in [6, 6.07) is 3.22. The Hall–Kier alpha value is -1.76. The maximum absolute atomic E-state index is 13.0. The molecule has 1 aromatic rings. The van der Waals surface area contributed by atoms with E-state index in [9.17, 15) is 18.0 Å². The van der Waals surface area contributed by atoms with E-state index < -0.39 is 23.5 Å². The van der Waals surface area contributed by atoms with Gasteiger partial charge in [0.25, 0.3) is 6.47 Å². The normalized spacial score (nSPS) is 24.5. The molecule has 0 bridgehead atoms. The number of nitrogens with two attached hydrogens (primary N) is 1. The van der Waals surface area contributed by atoms with E-state index in [-0.39, 0.29) is 6.04 Å². The summed E-state index contributed by atoms with van der Waals surface area (Å²) in [4.78, 5) is 12.8. The second kappa shape index (κ2) is 5.65. The van der Waals surface area contributed by atoms with Crippen molar-refractivity contribution in [3.63, 3.8) is 0 Å². The van der Waals surface area contributed by atoms with Gasteiger partial charge in [-0.15, -0.1) is 0 Å². The first-order chi connectivity index (χ1) is 11.1. The molecule has 7 heteroatoms. The average molecular weight is 342 g/mol. The maximum Gasteiger partial charge on any atom is 0.416 e. The van der Waals surface area contributed by atoms with Crippen molar-refractivity contribution in [1.82, 2.24) is 0 Å². The maximum atomic E-state index is 13.0. The Balaban J connectivity index is 2.09. The SMILES string of the molecule is CC(C)(OC=O)N1c2ccc(C(F)(F)F)cc2C(N)CC1C1CC1. The number of nitrogens with zero attached hydrogens (tertiary/aromatic N) is 1. The lowest BCUT2D eigenvalue weighted by Gasteiger charge is -2.49. The number of alkyl halides is 3. The van der Waals surface area contributed by atoms with Gasteiger partial charge in [-0.25, -0.2) is 0 Å². The Kier molecular flexibility index (Phi) is 4.02. The van der Waals surface area contributed by atoms with Crippen LogP contribution < -0.4 is 10.6 Å². The predicted octanol–water partition coefficient (Wildman–Crippen LogP) is 3.60. The summed E-state index contributed by atoms with van der Waals surface area (Å²) in [5.41, 5.74) is 5.59. The van der Waals surface area contributed by atoms with Gasteiger partial charge in [0.2, 0.25) is 0 Å². The molecule has 24 heavy (non-hydrogen) atoms. The molecule has 1 saturated carbocycles. The quantitative estimate of drug-likeness (QED) is 0.850. The second-order valence-corrected chi connectivity index (χ2v) is 7.05. The van der Waals surface area contributed by atoms with Gasteiger partial charge in [-0.1, -0.05) is 0 Å². The summed E-state index contributed by atoms with van der Waals surface area (Å²) >= 11 is 0. The fourth-order valence-corrected chi connectivity index (χ4v) is 3.67. The van der Waals surface area contributed by atoms with E-state index in [1.54, 1.807) is 13.8 Å². The number of rotatable bonds is 4. The molecular weight excluding hydrogens is 321 g/mol. The molecule has 0 amide bonds. The molecule has 1 aliphatic carbocycles. The zero-order valence-corrected chi connectivity index (χ0v) is 13.6. The van der Waals surface area contributed by atoms with Crippen LogP contribution in [0.25, 0.3) is 0 Å². The van der Waals surface area contributed by atoms with E-state index in [0.717, 1.165) is 25.0 Å². The minimum absolute atomic E-state index is 0.0548. The monoisotopic (exact) mass is 342 g/mol. The largest absolute Gasteiger partial charge is 0.442 e. The number of hydrogen-bond donors (Lipinski definition) is 1. The van der Waals surface area contributed by atoms with Crippen molar-refractivity contribution < 1.29 is 22.7 Å². The smallest absolute Gasteiger partial charge is 0.416 e. The molecule has 2 atom stereocenters. The summed E-state index contributed by atoms with van der Waals surface area (Å²) in [5.74, 6) is 0.431. The molecule has 1 fully saturated rings. The summed E-state index contributed by atoms with van der Waals surface area (Å²) < 4.78 is 44.3. The van der Waals surface area contributed by atoms with Crippen LogP contribution in [0.2, 0.25) is 0 Å². The fraction of sp³-hybridized carbons (Fsp3) is 0.588. The third kappa shape index (κ3) is 2.97. The van der Waals surface area contributed by atoms with Crippen LogP contribution in [-0.2, 0) is 15.7 Å². The van der Waals surface area contributed by atoms with Gasteiger partial charge in [0.05, 0.1) is 5.56 Å². The van der Waals surface area contributed by atoms with E-state index in [1.807, 2.05) is 4.90 Å². The molecule has 2 aliphatic rings. The number of ether oxygens (including phenoxy) is 1. The van der Waals surface area contributed by atoms with Crippen molar-refractivity contribution in [2.75, 3.05) is 4.90 Å². The lowest BCUT2D eigenvalue weighted by atomic mass is 9.86. The summed E-state index contributed by atoms with van der Waals surface area (Å²) in [6.45, 7) is 3.87. The minimum atomic E-state index is -4.41. The van der Waals surface area contributed by atoms with Crippen molar-refractivity contribution >= 4 is 12.2 Å². The van der Waals surface area contributed by atoms with Crippen LogP contribution >= 0.6 is 0 Å². The van der Waals surface area contributed by atoms with Crippen molar-refractivity contribution in [3.8, 4) is 0 Å².